The molecule has 0 fully saturated rings. The summed E-state index contributed by atoms with van der Waals surface area (Å²) >= 11 is 0. The number of nitrogens with one attached hydrogen (secondary N) is 1. The van der Waals surface area contributed by atoms with Gasteiger partial charge in [-0.25, -0.2) is 0 Å². The second-order valence-electron chi connectivity index (χ2n) is 6.79. The summed E-state index contributed by atoms with van der Waals surface area (Å²) in [6.45, 7) is 13.7. The summed E-state index contributed by atoms with van der Waals surface area (Å²) in [4.78, 5) is 0. The van der Waals surface area contributed by atoms with Crippen LogP contribution >= 0.6 is 0 Å². The van der Waals surface area contributed by atoms with Crippen molar-refractivity contribution < 1.29 is 0 Å². The van der Waals surface area contributed by atoms with Gasteiger partial charge in [-0.2, -0.15) is 0 Å². The van der Waals surface area contributed by atoms with Crippen LogP contribution in [-0.4, -0.2) is 13.1 Å². The molecule has 1 aromatic carbocycles. The third-order valence-electron chi connectivity index (χ3n) is 3.64. The average Bonchev–Trinajstić information content (AvgIpc) is 2.34. The standard InChI is InChI=1S/C18H31N/c1-6-12-19-13-11-15(2)14-16-7-9-17(10-8-16)18(3,4)5/h7-10,15,19H,6,11-14H2,1-5H3. The lowest BCUT2D eigenvalue weighted by Crippen LogP contribution is -2.18. The van der Waals surface area contributed by atoms with Crippen molar-refractivity contribution in [2.24, 2.45) is 5.92 Å². The summed E-state index contributed by atoms with van der Waals surface area (Å²) in [6, 6.07) is 9.18. The Morgan fingerprint density at radius 1 is 1.05 bits per heavy atom. The number of benzene rings is 1. The van der Waals surface area contributed by atoms with Crippen LogP contribution in [0.3, 0.4) is 0 Å². The molecule has 0 aliphatic heterocycles. The van der Waals surface area contributed by atoms with Crippen LogP contribution in [0.5, 0.6) is 0 Å². The van der Waals surface area contributed by atoms with E-state index in [1.165, 1.54) is 30.4 Å². The fourth-order valence-electron chi connectivity index (χ4n) is 2.30. The van der Waals surface area contributed by atoms with Crippen LogP contribution < -0.4 is 5.32 Å². The molecule has 0 radical (unpaired) electrons. The maximum absolute atomic E-state index is 3.48. The molecule has 1 nitrogen and oxygen atoms in total. The highest BCUT2D eigenvalue weighted by molar-refractivity contribution is 5.27. The maximum atomic E-state index is 3.48. The van der Waals surface area contributed by atoms with E-state index in [2.05, 4.69) is 64.2 Å². The van der Waals surface area contributed by atoms with E-state index in [0.717, 1.165) is 19.0 Å². The predicted molar refractivity (Wildman–Crippen MR) is 85.8 cm³/mol. The van der Waals surface area contributed by atoms with E-state index in [4.69, 9.17) is 0 Å². The Balaban J connectivity index is 2.40. The first-order valence-corrected chi connectivity index (χ1v) is 7.73. The monoisotopic (exact) mass is 261 g/mol. The van der Waals surface area contributed by atoms with Crippen molar-refractivity contribution in [2.75, 3.05) is 13.1 Å². The third-order valence-corrected chi connectivity index (χ3v) is 3.64. The summed E-state index contributed by atoms with van der Waals surface area (Å²) in [5, 5.41) is 3.48. The normalized spacial score (nSPS) is 13.5. The molecule has 1 atom stereocenters. The molecule has 1 aromatic rings. The molecule has 1 rings (SSSR count). The van der Waals surface area contributed by atoms with Gasteiger partial charge < -0.3 is 5.32 Å². The second-order valence-corrected chi connectivity index (χ2v) is 6.79. The highest BCUT2D eigenvalue weighted by atomic mass is 14.8. The third kappa shape index (κ3) is 6.24. The highest BCUT2D eigenvalue weighted by Crippen LogP contribution is 2.23. The lowest BCUT2D eigenvalue weighted by molar-refractivity contribution is 0.498. The summed E-state index contributed by atoms with van der Waals surface area (Å²) < 4.78 is 0. The molecular weight excluding hydrogens is 230 g/mol. The summed E-state index contributed by atoms with van der Waals surface area (Å²) in [5.74, 6) is 0.754. The van der Waals surface area contributed by atoms with E-state index >= 15 is 0 Å². The molecular formula is C18H31N. The summed E-state index contributed by atoms with van der Waals surface area (Å²) in [6.07, 6.45) is 3.68. The number of hydrogen-bond donors (Lipinski definition) is 1. The van der Waals surface area contributed by atoms with Gasteiger partial charge in [0.1, 0.15) is 0 Å². The maximum Gasteiger partial charge on any atom is -0.00463 e. The molecule has 0 bridgehead atoms. The molecule has 1 unspecified atom stereocenters. The first-order valence-electron chi connectivity index (χ1n) is 7.73. The van der Waals surface area contributed by atoms with E-state index in [0.29, 0.717) is 0 Å². The minimum Gasteiger partial charge on any atom is -0.317 e. The molecule has 0 amide bonds. The minimum atomic E-state index is 0.258. The molecule has 0 saturated heterocycles. The second kappa shape index (κ2) is 7.69. The van der Waals surface area contributed by atoms with E-state index in [1.807, 2.05) is 0 Å². The Bertz CT molecular complexity index is 345. The van der Waals surface area contributed by atoms with E-state index in [-0.39, 0.29) is 5.41 Å². The summed E-state index contributed by atoms with van der Waals surface area (Å²) in [7, 11) is 0. The van der Waals surface area contributed by atoms with Crippen molar-refractivity contribution in [2.45, 2.75) is 59.3 Å². The predicted octanol–water partition coefficient (Wildman–Crippen LogP) is 4.55. The van der Waals surface area contributed by atoms with E-state index < -0.39 is 0 Å². The fraction of sp³-hybridized carbons (Fsp3) is 0.667. The fourth-order valence-corrected chi connectivity index (χ4v) is 2.30. The molecule has 1 N–H and O–H groups in total. The van der Waals surface area contributed by atoms with Crippen LogP contribution in [0, 0.1) is 5.92 Å². The van der Waals surface area contributed by atoms with Gasteiger partial charge in [0.25, 0.3) is 0 Å². The molecule has 0 aliphatic carbocycles. The molecule has 1 heteroatoms. The van der Waals surface area contributed by atoms with Crippen molar-refractivity contribution in [3.05, 3.63) is 35.4 Å². The largest absolute Gasteiger partial charge is 0.317 e. The zero-order chi connectivity index (χ0) is 14.3. The van der Waals surface area contributed by atoms with Crippen LogP contribution in [0.4, 0.5) is 0 Å². The minimum absolute atomic E-state index is 0.258. The molecule has 0 aromatic heterocycles. The van der Waals surface area contributed by atoms with Gasteiger partial charge in [0.2, 0.25) is 0 Å². The van der Waals surface area contributed by atoms with Gasteiger partial charge in [0.05, 0.1) is 0 Å². The average molecular weight is 261 g/mol. The van der Waals surface area contributed by atoms with Crippen molar-refractivity contribution in [3.8, 4) is 0 Å². The Labute approximate surface area is 119 Å². The van der Waals surface area contributed by atoms with Crippen molar-refractivity contribution in [1.82, 2.24) is 5.32 Å². The van der Waals surface area contributed by atoms with Crippen molar-refractivity contribution >= 4 is 0 Å². The van der Waals surface area contributed by atoms with Crippen LogP contribution in [0.25, 0.3) is 0 Å². The molecule has 0 spiro atoms. The molecule has 0 saturated carbocycles. The lowest BCUT2D eigenvalue weighted by atomic mass is 9.86. The van der Waals surface area contributed by atoms with E-state index in [9.17, 15) is 0 Å². The van der Waals surface area contributed by atoms with Crippen molar-refractivity contribution in [1.29, 1.82) is 0 Å². The summed E-state index contributed by atoms with van der Waals surface area (Å²) in [5.41, 5.74) is 3.15. The quantitative estimate of drug-likeness (QED) is 0.710. The van der Waals surface area contributed by atoms with Crippen LogP contribution in [0.2, 0.25) is 0 Å². The van der Waals surface area contributed by atoms with Crippen LogP contribution in [0.15, 0.2) is 24.3 Å². The van der Waals surface area contributed by atoms with Gasteiger partial charge in [-0.15, -0.1) is 0 Å². The molecule has 19 heavy (non-hydrogen) atoms. The molecule has 108 valence electrons. The molecule has 0 aliphatic rings. The van der Waals surface area contributed by atoms with Gasteiger partial charge in [0.15, 0.2) is 0 Å². The van der Waals surface area contributed by atoms with Gasteiger partial charge in [-0.1, -0.05) is 58.9 Å². The zero-order valence-corrected chi connectivity index (χ0v) is 13.4. The lowest BCUT2D eigenvalue weighted by Gasteiger charge is -2.19. The van der Waals surface area contributed by atoms with Gasteiger partial charge in [0, 0.05) is 0 Å². The van der Waals surface area contributed by atoms with Crippen LogP contribution in [-0.2, 0) is 11.8 Å². The van der Waals surface area contributed by atoms with Gasteiger partial charge in [-0.05, 0) is 54.8 Å². The Morgan fingerprint density at radius 3 is 2.21 bits per heavy atom. The highest BCUT2D eigenvalue weighted by Gasteiger charge is 2.13. The first-order chi connectivity index (χ1) is 8.93. The zero-order valence-electron chi connectivity index (χ0n) is 13.4. The topological polar surface area (TPSA) is 12.0 Å². The Kier molecular flexibility index (Phi) is 6.57. The first kappa shape index (κ1) is 16.2. The SMILES string of the molecule is CCCNCCC(C)Cc1ccc(C(C)(C)C)cc1. The number of hydrogen-bond acceptors (Lipinski definition) is 1. The van der Waals surface area contributed by atoms with Crippen molar-refractivity contribution in [3.63, 3.8) is 0 Å². The number of rotatable bonds is 7. The molecule has 0 heterocycles. The van der Waals surface area contributed by atoms with Gasteiger partial charge in [-0.3, -0.25) is 0 Å². The van der Waals surface area contributed by atoms with E-state index in [1.54, 1.807) is 0 Å². The smallest absolute Gasteiger partial charge is 0.00463 e. The van der Waals surface area contributed by atoms with Gasteiger partial charge >= 0.3 is 0 Å². The Morgan fingerprint density at radius 2 is 1.68 bits per heavy atom. The van der Waals surface area contributed by atoms with Crippen LogP contribution in [0.1, 0.15) is 58.6 Å². The Hall–Kier alpha value is -0.820.